The van der Waals surface area contributed by atoms with Crippen molar-refractivity contribution in [3.05, 3.63) is 77.6 Å². The van der Waals surface area contributed by atoms with Crippen LogP contribution in [-0.2, 0) is 13.0 Å². The number of aromatic nitrogens is 2. The van der Waals surface area contributed by atoms with Crippen molar-refractivity contribution in [2.75, 3.05) is 17.7 Å². The summed E-state index contributed by atoms with van der Waals surface area (Å²) in [7, 11) is 1.64. The number of carbonyl (C=O) groups is 1. The molecule has 2 aromatic carbocycles. The predicted molar refractivity (Wildman–Crippen MR) is 106 cm³/mol. The average molecular weight is 362 g/mol. The summed E-state index contributed by atoms with van der Waals surface area (Å²) >= 11 is 0. The number of hydrogen-bond donors (Lipinski definition) is 2. The molecule has 0 radical (unpaired) electrons. The summed E-state index contributed by atoms with van der Waals surface area (Å²) in [5, 5.41) is 6.05. The van der Waals surface area contributed by atoms with Crippen LogP contribution in [0.15, 0.2) is 60.9 Å². The van der Waals surface area contributed by atoms with Gasteiger partial charge in [-0.15, -0.1) is 0 Å². The molecule has 1 amide bonds. The fourth-order valence-corrected chi connectivity index (χ4v) is 2.61. The Labute approximate surface area is 158 Å². The van der Waals surface area contributed by atoms with Crippen LogP contribution in [0.5, 0.6) is 5.75 Å². The second-order valence-electron chi connectivity index (χ2n) is 5.96. The molecular weight excluding hydrogens is 340 g/mol. The number of hydrogen-bond acceptors (Lipinski definition) is 5. The van der Waals surface area contributed by atoms with Crippen molar-refractivity contribution in [2.24, 2.45) is 0 Å². The fraction of sp³-hybridized carbons (Fsp3) is 0.190. The molecule has 0 aliphatic carbocycles. The monoisotopic (exact) mass is 362 g/mol. The van der Waals surface area contributed by atoms with E-state index in [2.05, 4.69) is 27.5 Å². The first-order valence-corrected chi connectivity index (χ1v) is 8.77. The molecule has 1 aromatic heterocycles. The molecule has 3 aromatic rings. The van der Waals surface area contributed by atoms with Crippen molar-refractivity contribution in [3.8, 4) is 5.75 Å². The van der Waals surface area contributed by atoms with Gasteiger partial charge in [-0.3, -0.25) is 4.79 Å². The van der Waals surface area contributed by atoms with E-state index in [1.54, 1.807) is 7.11 Å². The summed E-state index contributed by atoms with van der Waals surface area (Å²) in [6.07, 6.45) is 3.89. The Hall–Kier alpha value is -3.41. The van der Waals surface area contributed by atoms with Crippen LogP contribution in [0.2, 0.25) is 0 Å². The third-order valence-corrected chi connectivity index (χ3v) is 4.17. The van der Waals surface area contributed by atoms with Crippen LogP contribution >= 0.6 is 0 Å². The highest BCUT2D eigenvalue weighted by atomic mass is 16.5. The van der Waals surface area contributed by atoms with Crippen LogP contribution in [-0.4, -0.2) is 23.0 Å². The van der Waals surface area contributed by atoms with E-state index in [1.165, 1.54) is 12.4 Å². The molecule has 0 fully saturated rings. The van der Waals surface area contributed by atoms with Crippen LogP contribution in [0, 0.1) is 0 Å². The highest BCUT2D eigenvalue weighted by Crippen LogP contribution is 2.17. The van der Waals surface area contributed by atoms with E-state index in [9.17, 15) is 4.79 Å². The van der Waals surface area contributed by atoms with Gasteiger partial charge in [0, 0.05) is 24.6 Å². The van der Waals surface area contributed by atoms with Crippen LogP contribution < -0.4 is 15.4 Å². The molecule has 6 heteroatoms. The lowest BCUT2D eigenvalue weighted by Crippen LogP contribution is -2.14. The number of amides is 1. The van der Waals surface area contributed by atoms with E-state index < -0.39 is 0 Å². The molecule has 0 aliphatic heterocycles. The topological polar surface area (TPSA) is 76.1 Å². The van der Waals surface area contributed by atoms with E-state index >= 15 is 0 Å². The standard InChI is InChI=1S/C21H22N4O2/c1-3-16-6-4-5-7-19(16)25-20(26)17-13-23-21(24-14-17)22-12-15-8-10-18(27-2)11-9-15/h4-11,13-14H,3,12H2,1-2H3,(H,25,26)(H,22,23,24). The smallest absolute Gasteiger partial charge is 0.258 e. The number of benzene rings is 2. The number of rotatable bonds is 7. The molecule has 27 heavy (non-hydrogen) atoms. The lowest BCUT2D eigenvalue weighted by molar-refractivity contribution is 0.102. The third kappa shape index (κ3) is 4.82. The molecule has 6 nitrogen and oxygen atoms in total. The van der Waals surface area contributed by atoms with Gasteiger partial charge >= 0.3 is 0 Å². The summed E-state index contributed by atoms with van der Waals surface area (Å²) in [6, 6.07) is 15.5. The van der Waals surface area contributed by atoms with Gasteiger partial charge in [-0.05, 0) is 35.7 Å². The molecule has 0 saturated carbocycles. The largest absolute Gasteiger partial charge is 0.497 e. The Morgan fingerprint density at radius 3 is 2.41 bits per heavy atom. The van der Waals surface area contributed by atoms with Gasteiger partial charge in [0.25, 0.3) is 5.91 Å². The molecular formula is C21H22N4O2. The van der Waals surface area contributed by atoms with Crippen molar-refractivity contribution < 1.29 is 9.53 Å². The van der Waals surface area contributed by atoms with E-state index in [1.807, 2.05) is 48.5 Å². The second-order valence-corrected chi connectivity index (χ2v) is 5.96. The van der Waals surface area contributed by atoms with Gasteiger partial charge in [0.1, 0.15) is 5.75 Å². The summed E-state index contributed by atoms with van der Waals surface area (Å²) < 4.78 is 5.14. The number of ether oxygens (including phenoxy) is 1. The normalized spacial score (nSPS) is 10.3. The van der Waals surface area contributed by atoms with Crippen molar-refractivity contribution >= 4 is 17.5 Å². The molecule has 138 valence electrons. The lowest BCUT2D eigenvalue weighted by Gasteiger charge is -2.10. The van der Waals surface area contributed by atoms with Crippen molar-refractivity contribution in [2.45, 2.75) is 19.9 Å². The van der Waals surface area contributed by atoms with E-state index in [0.717, 1.165) is 29.0 Å². The SMILES string of the molecule is CCc1ccccc1NC(=O)c1cnc(NCc2ccc(OC)cc2)nc1. The van der Waals surface area contributed by atoms with Crippen LogP contribution in [0.4, 0.5) is 11.6 Å². The Morgan fingerprint density at radius 2 is 1.74 bits per heavy atom. The van der Waals surface area contributed by atoms with Gasteiger partial charge in [-0.2, -0.15) is 0 Å². The summed E-state index contributed by atoms with van der Waals surface area (Å²) in [6.45, 7) is 2.64. The summed E-state index contributed by atoms with van der Waals surface area (Å²) in [5.74, 6) is 1.06. The summed E-state index contributed by atoms with van der Waals surface area (Å²) in [5.41, 5.74) is 3.39. The number of anilines is 2. The molecule has 0 unspecified atom stereocenters. The third-order valence-electron chi connectivity index (χ3n) is 4.17. The molecule has 0 atom stereocenters. The minimum Gasteiger partial charge on any atom is -0.497 e. The van der Waals surface area contributed by atoms with Crippen LogP contribution in [0.25, 0.3) is 0 Å². The summed E-state index contributed by atoms with van der Waals surface area (Å²) in [4.78, 5) is 20.9. The van der Waals surface area contributed by atoms with Gasteiger partial charge in [0.15, 0.2) is 0 Å². The molecule has 0 saturated heterocycles. The molecule has 1 heterocycles. The highest BCUT2D eigenvalue weighted by molar-refractivity contribution is 6.04. The molecule has 0 aliphatic rings. The second kappa shape index (κ2) is 8.80. The van der Waals surface area contributed by atoms with Crippen molar-refractivity contribution in [3.63, 3.8) is 0 Å². The van der Waals surface area contributed by atoms with Gasteiger partial charge in [-0.1, -0.05) is 37.3 Å². The van der Waals surface area contributed by atoms with Gasteiger partial charge in [0.05, 0.1) is 12.7 Å². The van der Waals surface area contributed by atoms with E-state index in [-0.39, 0.29) is 5.91 Å². The van der Waals surface area contributed by atoms with E-state index in [0.29, 0.717) is 18.1 Å². The Balaban J connectivity index is 1.59. The highest BCUT2D eigenvalue weighted by Gasteiger charge is 2.09. The lowest BCUT2D eigenvalue weighted by atomic mass is 10.1. The quantitative estimate of drug-likeness (QED) is 0.666. The molecule has 0 bridgehead atoms. The number of para-hydroxylation sites is 1. The van der Waals surface area contributed by atoms with Crippen molar-refractivity contribution in [1.29, 1.82) is 0 Å². The Morgan fingerprint density at radius 1 is 1.04 bits per heavy atom. The Bertz CT molecular complexity index is 893. The maximum absolute atomic E-state index is 12.4. The number of methoxy groups -OCH3 is 1. The maximum Gasteiger partial charge on any atom is 0.258 e. The minimum atomic E-state index is -0.224. The minimum absolute atomic E-state index is 0.224. The first-order chi connectivity index (χ1) is 13.2. The van der Waals surface area contributed by atoms with Gasteiger partial charge in [-0.25, -0.2) is 9.97 Å². The zero-order chi connectivity index (χ0) is 19.1. The average Bonchev–Trinajstić information content (AvgIpc) is 2.73. The predicted octanol–water partition coefficient (Wildman–Crippen LogP) is 3.91. The molecule has 2 N–H and O–H groups in total. The number of carbonyl (C=O) groups excluding carboxylic acids is 1. The zero-order valence-corrected chi connectivity index (χ0v) is 15.4. The molecule has 0 spiro atoms. The van der Waals surface area contributed by atoms with E-state index in [4.69, 9.17) is 4.74 Å². The van der Waals surface area contributed by atoms with Crippen molar-refractivity contribution in [1.82, 2.24) is 9.97 Å². The number of nitrogens with zero attached hydrogens (tertiary/aromatic N) is 2. The van der Waals surface area contributed by atoms with Gasteiger partial charge in [0.2, 0.25) is 5.95 Å². The fourth-order valence-electron chi connectivity index (χ4n) is 2.61. The van der Waals surface area contributed by atoms with Gasteiger partial charge < -0.3 is 15.4 Å². The number of aryl methyl sites for hydroxylation is 1. The first kappa shape index (κ1) is 18.4. The Kier molecular flexibility index (Phi) is 5.99. The van der Waals surface area contributed by atoms with Crippen LogP contribution in [0.3, 0.4) is 0 Å². The first-order valence-electron chi connectivity index (χ1n) is 8.77. The maximum atomic E-state index is 12.4. The van der Waals surface area contributed by atoms with Crippen LogP contribution in [0.1, 0.15) is 28.4 Å². The number of nitrogens with one attached hydrogen (secondary N) is 2. The molecule has 3 rings (SSSR count). The zero-order valence-electron chi connectivity index (χ0n) is 15.4.